The fourth-order valence-electron chi connectivity index (χ4n) is 6.97. The lowest BCUT2D eigenvalue weighted by Gasteiger charge is -2.37. The Hall–Kier alpha value is -6.79. The van der Waals surface area contributed by atoms with E-state index in [4.69, 9.17) is 22.4 Å². The van der Waals surface area contributed by atoms with E-state index in [2.05, 4.69) is 26.2 Å². The summed E-state index contributed by atoms with van der Waals surface area (Å²) in [7, 11) is 0. The van der Waals surface area contributed by atoms with Crippen LogP contribution in [0.3, 0.4) is 0 Å². The minimum Gasteiger partial charge on any atom is -0.480 e. The number of unbranched alkanes of at least 4 members (excludes halogenated alkanes) is 1. The molecule has 0 fully saturated rings. The zero-order valence-corrected chi connectivity index (χ0v) is 32.1. The molecule has 0 saturated carbocycles. The van der Waals surface area contributed by atoms with Gasteiger partial charge in [-0.1, -0.05) is 35.9 Å². The third kappa shape index (κ3) is 9.68. The van der Waals surface area contributed by atoms with Crippen LogP contribution in [0.5, 0.6) is 0 Å². The van der Waals surface area contributed by atoms with Gasteiger partial charge in [0.05, 0.1) is 16.3 Å². The van der Waals surface area contributed by atoms with E-state index in [9.17, 15) is 33.9 Å². The predicted molar refractivity (Wildman–Crippen MR) is 211 cm³/mol. The number of halogens is 2. The molecule has 19 heteroatoms. The maximum absolute atomic E-state index is 15.4. The zero-order chi connectivity index (χ0) is 42.2. The summed E-state index contributed by atoms with van der Waals surface area (Å²) in [6.07, 6.45) is 7.39. The van der Waals surface area contributed by atoms with Crippen LogP contribution in [0.2, 0.25) is 5.02 Å². The molecule has 3 aromatic carbocycles. The molecular weight excluding hydrogens is 789 g/mol. The number of rotatable bonds is 13. The Kier molecular flexibility index (Phi) is 13.2. The standard InChI is InChI=1S/C40H39ClFN9O8/c41-30-12-13-32(51-22-45-47-48-51)29(34(30)42)11-14-33(52)50-21-17-27-26(4-3-5-28(27)35(50)36(53)46-25-9-7-24(8-10-25)39(56)57)23-15-19-49(20-16-23)38(55)37(54)44-18-2-1-6-31(43)40(58)59/h3-5,7-15,22,31,35H,1-2,6,16-21,43H2,(H,44,54)(H,46,53)(H,56,57)(H,58,59)/b14-11+/t31-,35-/m0/s1. The average Bonchev–Trinajstić information content (AvgIpc) is 3.78. The van der Waals surface area contributed by atoms with Crippen LogP contribution in [-0.4, -0.2) is 108 Å². The normalized spacial score (nSPS) is 15.6. The molecule has 17 nitrogen and oxygen atoms in total. The number of fused-ring (bicyclic) bond motifs is 1. The van der Waals surface area contributed by atoms with E-state index >= 15 is 4.39 Å². The smallest absolute Gasteiger partial charge is 0.335 e. The molecule has 0 aliphatic carbocycles. The molecule has 1 aromatic heterocycles. The fraction of sp³-hybridized carbons (Fsp3) is 0.275. The molecule has 0 radical (unpaired) electrons. The molecule has 4 aromatic rings. The molecule has 6 rings (SSSR count). The van der Waals surface area contributed by atoms with Gasteiger partial charge in [-0.15, -0.1) is 5.10 Å². The quantitative estimate of drug-likeness (QED) is 0.0741. The van der Waals surface area contributed by atoms with Gasteiger partial charge < -0.3 is 36.4 Å². The number of hydrogen-bond acceptors (Lipinski definition) is 10. The van der Waals surface area contributed by atoms with Gasteiger partial charge in [0, 0.05) is 43.5 Å². The van der Waals surface area contributed by atoms with Crippen molar-refractivity contribution in [1.29, 1.82) is 0 Å². The van der Waals surface area contributed by atoms with Crippen LogP contribution in [-0.2, 0) is 30.4 Å². The lowest BCUT2D eigenvalue weighted by molar-refractivity contribution is -0.145. The van der Waals surface area contributed by atoms with Gasteiger partial charge in [-0.25, -0.2) is 9.18 Å². The summed E-state index contributed by atoms with van der Waals surface area (Å²) < 4.78 is 16.6. The number of carbonyl (C=O) groups excluding carboxylic acids is 4. The Bertz CT molecular complexity index is 2340. The van der Waals surface area contributed by atoms with Crippen LogP contribution >= 0.6 is 11.6 Å². The van der Waals surface area contributed by atoms with Crippen molar-refractivity contribution < 1.29 is 43.4 Å². The number of carboxylic acid groups (broad SMARTS) is 2. The number of carbonyl (C=O) groups is 6. The van der Waals surface area contributed by atoms with Crippen LogP contribution < -0.4 is 16.4 Å². The van der Waals surface area contributed by atoms with Crippen LogP contribution in [0.15, 0.2) is 73.1 Å². The molecule has 2 atom stereocenters. The van der Waals surface area contributed by atoms with Crippen molar-refractivity contribution in [1.82, 2.24) is 35.3 Å². The van der Waals surface area contributed by atoms with Crippen molar-refractivity contribution in [2.45, 2.75) is 44.2 Å². The molecule has 6 N–H and O–H groups in total. The SMILES string of the molecule is N[C@@H](CCCCNC(=O)C(=O)N1CC=C(c2cccc3c2CCN(C(=O)/C=C/c2c(-n4cnnn4)ccc(Cl)c2F)[C@@H]3C(=O)Nc2ccc(C(=O)O)cc2)CC1)C(=O)O. The number of nitrogens with zero attached hydrogens (tertiary/aromatic N) is 6. The number of nitrogens with two attached hydrogens (primary N) is 1. The third-order valence-corrected chi connectivity index (χ3v) is 10.3. The number of benzene rings is 3. The summed E-state index contributed by atoms with van der Waals surface area (Å²) in [6.45, 7) is 0.672. The Morgan fingerprint density at radius 3 is 2.46 bits per heavy atom. The molecule has 3 heterocycles. The van der Waals surface area contributed by atoms with Crippen LogP contribution in [0.25, 0.3) is 17.3 Å². The number of hydrogen-bond donors (Lipinski definition) is 5. The highest BCUT2D eigenvalue weighted by atomic mass is 35.5. The molecule has 2 aliphatic rings. The molecule has 0 saturated heterocycles. The van der Waals surface area contributed by atoms with Gasteiger partial charge in [0.25, 0.3) is 5.91 Å². The summed E-state index contributed by atoms with van der Waals surface area (Å²) in [5, 5.41) is 34.4. The van der Waals surface area contributed by atoms with Crippen molar-refractivity contribution >= 4 is 64.5 Å². The summed E-state index contributed by atoms with van der Waals surface area (Å²) >= 11 is 6.09. The van der Waals surface area contributed by atoms with Crippen molar-refractivity contribution in [3.8, 4) is 5.69 Å². The van der Waals surface area contributed by atoms with Crippen molar-refractivity contribution in [2.75, 3.05) is 31.5 Å². The Morgan fingerprint density at radius 1 is 1.00 bits per heavy atom. The van der Waals surface area contributed by atoms with Gasteiger partial charge in [0.1, 0.15) is 18.4 Å². The highest BCUT2D eigenvalue weighted by Gasteiger charge is 2.37. The molecule has 0 unspecified atom stereocenters. The van der Waals surface area contributed by atoms with Gasteiger partial charge in [-0.05, 0) is 107 Å². The fourth-order valence-corrected chi connectivity index (χ4v) is 7.13. The van der Waals surface area contributed by atoms with Crippen LogP contribution in [0.1, 0.15) is 64.3 Å². The van der Waals surface area contributed by atoms with E-state index in [0.29, 0.717) is 36.9 Å². The van der Waals surface area contributed by atoms with Crippen molar-refractivity contribution in [3.63, 3.8) is 0 Å². The minimum atomic E-state index is -1.18. The molecule has 0 spiro atoms. The molecule has 0 bridgehead atoms. The predicted octanol–water partition coefficient (Wildman–Crippen LogP) is 3.25. The average molecular weight is 828 g/mol. The maximum Gasteiger partial charge on any atom is 0.335 e. The molecule has 306 valence electrons. The number of aromatic nitrogens is 4. The first-order valence-corrected chi connectivity index (χ1v) is 18.9. The topological polar surface area (TPSA) is 243 Å². The van der Waals surface area contributed by atoms with E-state index in [1.165, 1.54) is 63.3 Å². The number of tetrazole rings is 1. The van der Waals surface area contributed by atoms with E-state index in [1.54, 1.807) is 12.1 Å². The summed E-state index contributed by atoms with van der Waals surface area (Å²) in [4.78, 5) is 78.9. The van der Waals surface area contributed by atoms with E-state index < -0.39 is 53.5 Å². The largest absolute Gasteiger partial charge is 0.480 e. The van der Waals surface area contributed by atoms with Crippen molar-refractivity contribution in [2.24, 2.45) is 5.73 Å². The third-order valence-electron chi connectivity index (χ3n) is 10.0. The number of nitrogens with one attached hydrogen (secondary N) is 2. The van der Waals surface area contributed by atoms with E-state index in [1.807, 2.05) is 12.1 Å². The van der Waals surface area contributed by atoms with E-state index in [-0.39, 0.29) is 54.4 Å². The number of anilines is 1. The number of carboxylic acids is 2. The van der Waals surface area contributed by atoms with Crippen molar-refractivity contribution in [3.05, 3.63) is 112 Å². The number of aliphatic carboxylic acids is 1. The summed E-state index contributed by atoms with van der Waals surface area (Å²) in [6, 6.07) is 11.6. The lowest BCUT2D eigenvalue weighted by atomic mass is 9.84. The minimum absolute atomic E-state index is 0.0177. The molecule has 2 aliphatic heterocycles. The van der Waals surface area contributed by atoms with Gasteiger partial charge in [-0.2, -0.15) is 4.68 Å². The Morgan fingerprint density at radius 2 is 1.78 bits per heavy atom. The van der Waals surface area contributed by atoms with Gasteiger partial charge >= 0.3 is 23.8 Å². The molecule has 59 heavy (non-hydrogen) atoms. The molecular formula is C40H39ClFN9O8. The number of amides is 4. The second kappa shape index (κ2) is 18.6. The Balaban J connectivity index is 1.23. The van der Waals surface area contributed by atoms with Gasteiger partial charge in [0.2, 0.25) is 5.91 Å². The molecule has 4 amide bonds. The van der Waals surface area contributed by atoms with Gasteiger partial charge in [-0.3, -0.25) is 24.0 Å². The monoisotopic (exact) mass is 827 g/mol. The maximum atomic E-state index is 15.4. The Labute approximate surface area is 341 Å². The number of aromatic carboxylic acids is 1. The van der Waals surface area contributed by atoms with Crippen LogP contribution in [0, 0.1) is 5.82 Å². The highest BCUT2D eigenvalue weighted by molar-refractivity contribution is 6.35. The lowest BCUT2D eigenvalue weighted by Crippen LogP contribution is -2.45. The first-order chi connectivity index (χ1) is 28.3. The van der Waals surface area contributed by atoms with E-state index in [0.717, 1.165) is 22.8 Å². The summed E-state index contributed by atoms with van der Waals surface area (Å²) in [5.74, 6) is -5.71. The second-order valence-corrected chi connectivity index (χ2v) is 14.1. The zero-order valence-electron chi connectivity index (χ0n) is 31.4. The first kappa shape index (κ1) is 41.8. The highest BCUT2D eigenvalue weighted by Crippen LogP contribution is 2.37. The second-order valence-electron chi connectivity index (χ2n) is 13.7. The first-order valence-electron chi connectivity index (χ1n) is 18.5. The van der Waals surface area contributed by atoms with Crippen LogP contribution in [0.4, 0.5) is 10.1 Å². The van der Waals surface area contributed by atoms with Gasteiger partial charge in [0.15, 0.2) is 5.82 Å². The summed E-state index contributed by atoms with van der Waals surface area (Å²) in [5.41, 5.74) is 9.00.